The molecular formula is C13H10BrN3O3. The maximum atomic E-state index is 11.4. The zero-order valence-electron chi connectivity index (χ0n) is 10.5. The summed E-state index contributed by atoms with van der Waals surface area (Å²) in [7, 11) is 0. The van der Waals surface area contributed by atoms with E-state index in [2.05, 4.69) is 26.2 Å². The minimum Gasteiger partial charge on any atom is -0.461 e. The molecule has 0 spiro atoms. The topological polar surface area (TPSA) is 88.1 Å². The van der Waals surface area contributed by atoms with Gasteiger partial charge in [-0.2, -0.15) is 10.2 Å². The molecule has 6 nitrogen and oxygen atoms in total. The number of benzene rings is 1. The number of nitrogens with one attached hydrogen (secondary N) is 1. The molecule has 0 unspecified atom stereocenters. The fraction of sp³-hybridized carbons (Fsp3) is 0.154. The second kappa shape index (κ2) is 6.21. The van der Waals surface area contributed by atoms with E-state index in [-0.39, 0.29) is 18.3 Å². The van der Waals surface area contributed by atoms with Crippen molar-refractivity contribution in [3.8, 4) is 6.07 Å². The monoisotopic (exact) mass is 335 g/mol. The third kappa shape index (κ3) is 3.16. The number of hydrogen-bond acceptors (Lipinski definition) is 6. The third-order valence-corrected chi connectivity index (χ3v) is 2.98. The number of hydrogen-bond donors (Lipinski definition) is 1. The number of rotatable bonds is 4. The number of ether oxygens (including phenoxy) is 1. The molecule has 1 N–H and O–H groups in total. The van der Waals surface area contributed by atoms with Crippen molar-refractivity contribution in [2.45, 2.75) is 6.92 Å². The quantitative estimate of drug-likeness (QED) is 0.863. The van der Waals surface area contributed by atoms with Gasteiger partial charge in [0.15, 0.2) is 5.69 Å². The van der Waals surface area contributed by atoms with E-state index in [0.29, 0.717) is 15.7 Å². The Kier molecular flexibility index (Phi) is 4.38. The van der Waals surface area contributed by atoms with E-state index < -0.39 is 5.97 Å². The fourth-order valence-electron chi connectivity index (χ4n) is 1.43. The number of nitrogens with zero attached hydrogens (tertiary/aromatic N) is 2. The number of anilines is 2. The highest BCUT2D eigenvalue weighted by Gasteiger charge is 2.13. The van der Waals surface area contributed by atoms with E-state index in [1.165, 1.54) is 6.26 Å². The van der Waals surface area contributed by atoms with Crippen LogP contribution in [-0.2, 0) is 4.74 Å². The van der Waals surface area contributed by atoms with Crippen LogP contribution in [0.5, 0.6) is 0 Å². The first-order valence-corrected chi connectivity index (χ1v) is 6.52. The minimum absolute atomic E-state index is 0.0964. The van der Waals surface area contributed by atoms with Crippen molar-refractivity contribution >= 4 is 33.6 Å². The standard InChI is InChI=1S/C13H10BrN3O3/c1-2-19-12(18)11-7-20-13(17-11)16-10-4-3-8(6-15)5-9(10)14/h3-5,7H,2H2,1H3,(H,16,17). The molecule has 20 heavy (non-hydrogen) atoms. The van der Waals surface area contributed by atoms with Gasteiger partial charge in [0.2, 0.25) is 0 Å². The van der Waals surface area contributed by atoms with Crippen molar-refractivity contribution in [3.05, 3.63) is 40.2 Å². The number of esters is 1. The molecule has 2 aromatic rings. The van der Waals surface area contributed by atoms with Crippen molar-refractivity contribution in [1.82, 2.24) is 4.98 Å². The zero-order chi connectivity index (χ0) is 14.5. The van der Waals surface area contributed by atoms with Gasteiger partial charge in [-0.15, -0.1) is 0 Å². The smallest absolute Gasteiger partial charge is 0.360 e. The molecule has 0 saturated carbocycles. The summed E-state index contributed by atoms with van der Waals surface area (Å²) >= 11 is 3.33. The molecule has 7 heteroatoms. The lowest BCUT2D eigenvalue weighted by Gasteiger charge is -2.04. The first kappa shape index (κ1) is 14.1. The Labute approximate surface area is 123 Å². The second-order valence-corrected chi connectivity index (χ2v) is 4.54. The average Bonchev–Trinajstić information content (AvgIpc) is 2.90. The van der Waals surface area contributed by atoms with Gasteiger partial charge < -0.3 is 14.5 Å². The summed E-state index contributed by atoms with van der Waals surface area (Å²) in [4.78, 5) is 15.4. The van der Waals surface area contributed by atoms with Gasteiger partial charge >= 0.3 is 5.97 Å². The van der Waals surface area contributed by atoms with Crippen LogP contribution in [0.25, 0.3) is 0 Å². The van der Waals surface area contributed by atoms with Crippen LogP contribution in [0, 0.1) is 11.3 Å². The predicted molar refractivity (Wildman–Crippen MR) is 74.6 cm³/mol. The van der Waals surface area contributed by atoms with E-state index in [9.17, 15) is 4.79 Å². The molecular weight excluding hydrogens is 326 g/mol. The van der Waals surface area contributed by atoms with E-state index in [0.717, 1.165) is 0 Å². The molecule has 2 rings (SSSR count). The molecule has 0 aliphatic rings. The lowest BCUT2D eigenvalue weighted by atomic mass is 10.2. The number of aromatic nitrogens is 1. The number of halogens is 1. The molecule has 1 aromatic heterocycles. The Bertz CT molecular complexity index is 676. The van der Waals surface area contributed by atoms with Gasteiger partial charge in [0.25, 0.3) is 6.01 Å². The molecule has 1 heterocycles. The van der Waals surface area contributed by atoms with Gasteiger partial charge in [0.1, 0.15) is 6.26 Å². The number of carbonyl (C=O) groups is 1. The summed E-state index contributed by atoms with van der Waals surface area (Å²) in [6.45, 7) is 1.99. The van der Waals surface area contributed by atoms with Gasteiger partial charge in [-0.25, -0.2) is 4.79 Å². The Morgan fingerprint density at radius 2 is 2.40 bits per heavy atom. The van der Waals surface area contributed by atoms with Crippen LogP contribution < -0.4 is 5.32 Å². The minimum atomic E-state index is -0.539. The lowest BCUT2D eigenvalue weighted by Crippen LogP contribution is -2.05. The summed E-state index contributed by atoms with van der Waals surface area (Å²) in [5.41, 5.74) is 1.29. The maximum Gasteiger partial charge on any atom is 0.360 e. The highest BCUT2D eigenvalue weighted by molar-refractivity contribution is 9.10. The molecule has 0 aliphatic carbocycles. The molecule has 0 amide bonds. The molecule has 0 saturated heterocycles. The predicted octanol–water partition coefficient (Wildman–Crippen LogP) is 3.23. The SMILES string of the molecule is CCOC(=O)c1coc(Nc2ccc(C#N)cc2Br)n1. The number of nitriles is 1. The van der Waals surface area contributed by atoms with Crippen LogP contribution in [0.4, 0.5) is 11.7 Å². The Morgan fingerprint density at radius 1 is 1.60 bits per heavy atom. The second-order valence-electron chi connectivity index (χ2n) is 3.69. The molecule has 0 atom stereocenters. The first-order chi connectivity index (χ1) is 9.63. The molecule has 102 valence electrons. The van der Waals surface area contributed by atoms with Crippen LogP contribution in [0.2, 0.25) is 0 Å². The number of carbonyl (C=O) groups excluding carboxylic acids is 1. The molecule has 0 aliphatic heterocycles. The van der Waals surface area contributed by atoms with Crippen molar-refractivity contribution in [2.24, 2.45) is 0 Å². The Balaban J connectivity index is 2.15. The van der Waals surface area contributed by atoms with Gasteiger partial charge in [0.05, 0.1) is 23.9 Å². The van der Waals surface area contributed by atoms with Crippen LogP contribution >= 0.6 is 15.9 Å². The Hall–Kier alpha value is -2.33. The normalized spacial score (nSPS) is 9.85. The van der Waals surface area contributed by atoms with Gasteiger partial charge in [0, 0.05) is 4.47 Å². The van der Waals surface area contributed by atoms with Crippen molar-refractivity contribution in [1.29, 1.82) is 5.26 Å². The molecule has 1 aromatic carbocycles. The van der Waals surface area contributed by atoms with Gasteiger partial charge in [-0.05, 0) is 41.1 Å². The summed E-state index contributed by atoms with van der Waals surface area (Å²) in [5.74, 6) is -0.539. The fourth-order valence-corrected chi connectivity index (χ4v) is 1.91. The molecule has 0 fully saturated rings. The van der Waals surface area contributed by atoms with Gasteiger partial charge in [-0.1, -0.05) is 0 Å². The zero-order valence-corrected chi connectivity index (χ0v) is 12.1. The largest absolute Gasteiger partial charge is 0.461 e. The molecule has 0 radical (unpaired) electrons. The van der Waals surface area contributed by atoms with Crippen molar-refractivity contribution in [3.63, 3.8) is 0 Å². The first-order valence-electron chi connectivity index (χ1n) is 5.73. The average molecular weight is 336 g/mol. The van der Waals surface area contributed by atoms with Gasteiger partial charge in [-0.3, -0.25) is 0 Å². The van der Waals surface area contributed by atoms with E-state index in [1.54, 1.807) is 25.1 Å². The van der Waals surface area contributed by atoms with Crippen molar-refractivity contribution < 1.29 is 13.9 Å². The van der Waals surface area contributed by atoms with Crippen molar-refractivity contribution in [2.75, 3.05) is 11.9 Å². The highest BCUT2D eigenvalue weighted by atomic mass is 79.9. The van der Waals surface area contributed by atoms with E-state index in [1.807, 2.05) is 6.07 Å². The third-order valence-electron chi connectivity index (χ3n) is 2.33. The van der Waals surface area contributed by atoms with E-state index in [4.69, 9.17) is 14.4 Å². The molecule has 0 bridgehead atoms. The summed E-state index contributed by atoms with van der Waals surface area (Å²) in [6.07, 6.45) is 1.22. The van der Waals surface area contributed by atoms with Crippen LogP contribution in [0.3, 0.4) is 0 Å². The highest BCUT2D eigenvalue weighted by Crippen LogP contribution is 2.26. The summed E-state index contributed by atoms with van der Waals surface area (Å²) in [6, 6.07) is 7.22. The Morgan fingerprint density at radius 3 is 3.05 bits per heavy atom. The van der Waals surface area contributed by atoms with E-state index >= 15 is 0 Å². The van der Waals surface area contributed by atoms with Crippen LogP contribution in [0.15, 0.2) is 33.4 Å². The number of oxazole rings is 1. The lowest BCUT2D eigenvalue weighted by molar-refractivity contribution is 0.0519. The van der Waals surface area contributed by atoms with Crippen LogP contribution in [0.1, 0.15) is 23.0 Å². The summed E-state index contributed by atoms with van der Waals surface area (Å²) < 4.78 is 10.6. The van der Waals surface area contributed by atoms with Crippen LogP contribution in [-0.4, -0.2) is 17.6 Å². The summed E-state index contributed by atoms with van der Waals surface area (Å²) in [5, 5.41) is 11.7. The maximum absolute atomic E-state index is 11.4.